The third-order valence-electron chi connectivity index (χ3n) is 1.93. The van der Waals surface area contributed by atoms with Gasteiger partial charge in [-0.05, 0) is 11.1 Å². The summed E-state index contributed by atoms with van der Waals surface area (Å²) < 4.78 is 0. The molecule has 10 heavy (non-hydrogen) atoms. The van der Waals surface area contributed by atoms with E-state index in [4.69, 9.17) is 5.26 Å². The summed E-state index contributed by atoms with van der Waals surface area (Å²) in [6, 6.07) is 7.96. The van der Waals surface area contributed by atoms with Gasteiger partial charge in [0.1, 0.15) is 6.10 Å². The molecule has 1 unspecified atom stereocenters. The molecular weight excluding hydrogens is 128 g/mol. The molecule has 2 heteroatoms. The number of hydrogen-bond acceptors (Lipinski definition) is 2. The summed E-state index contributed by atoms with van der Waals surface area (Å²) in [7, 11) is 0. The summed E-state index contributed by atoms with van der Waals surface area (Å²) in [5.41, 5.74) is 2.39. The molecule has 1 aliphatic rings. The summed E-state index contributed by atoms with van der Waals surface area (Å²) in [6.45, 7) is 0. The van der Waals surface area contributed by atoms with Gasteiger partial charge in [-0.3, -0.25) is 5.26 Å². The predicted octanol–water partition coefficient (Wildman–Crippen LogP) is 1.77. The molecular formula is C8H8O2. The van der Waals surface area contributed by atoms with Crippen LogP contribution in [0.15, 0.2) is 24.3 Å². The van der Waals surface area contributed by atoms with Crippen molar-refractivity contribution in [3.8, 4) is 0 Å². The Labute approximate surface area is 59.0 Å². The van der Waals surface area contributed by atoms with Gasteiger partial charge in [0.2, 0.25) is 0 Å². The fourth-order valence-corrected chi connectivity index (χ4v) is 1.31. The second kappa shape index (κ2) is 2.08. The van der Waals surface area contributed by atoms with Crippen LogP contribution in [0.3, 0.4) is 0 Å². The lowest BCUT2D eigenvalue weighted by Gasteiger charge is -2.26. The van der Waals surface area contributed by atoms with Crippen LogP contribution in [0.25, 0.3) is 0 Å². The first kappa shape index (κ1) is 5.89. The van der Waals surface area contributed by atoms with Gasteiger partial charge in [0.15, 0.2) is 0 Å². The highest BCUT2D eigenvalue weighted by molar-refractivity contribution is 5.37. The Morgan fingerprint density at radius 3 is 2.90 bits per heavy atom. The second-order valence-corrected chi connectivity index (χ2v) is 2.50. The lowest BCUT2D eigenvalue weighted by molar-refractivity contribution is -0.287. The molecule has 2 rings (SSSR count). The molecule has 0 aliphatic heterocycles. The van der Waals surface area contributed by atoms with E-state index in [2.05, 4.69) is 4.89 Å². The molecule has 1 N–H and O–H groups in total. The molecule has 1 aromatic carbocycles. The molecule has 1 aliphatic carbocycles. The highest BCUT2D eigenvalue weighted by Gasteiger charge is 2.25. The van der Waals surface area contributed by atoms with Crippen LogP contribution in [0.1, 0.15) is 17.2 Å². The number of rotatable bonds is 1. The minimum atomic E-state index is -0.0730. The highest BCUT2D eigenvalue weighted by Crippen LogP contribution is 2.34. The molecule has 0 saturated carbocycles. The van der Waals surface area contributed by atoms with Crippen LogP contribution in [-0.4, -0.2) is 5.26 Å². The van der Waals surface area contributed by atoms with Crippen molar-refractivity contribution in [2.24, 2.45) is 0 Å². The van der Waals surface area contributed by atoms with Crippen molar-refractivity contribution in [3.63, 3.8) is 0 Å². The maximum Gasteiger partial charge on any atom is 0.122 e. The van der Waals surface area contributed by atoms with Gasteiger partial charge in [0.25, 0.3) is 0 Å². The van der Waals surface area contributed by atoms with Crippen molar-refractivity contribution >= 4 is 0 Å². The fourth-order valence-electron chi connectivity index (χ4n) is 1.31. The average Bonchev–Trinajstić information content (AvgIpc) is 1.92. The van der Waals surface area contributed by atoms with E-state index in [1.807, 2.05) is 24.3 Å². The molecule has 0 spiro atoms. The van der Waals surface area contributed by atoms with E-state index in [-0.39, 0.29) is 6.10 Å². The number of benzene rings is 1. The van der Waals surface area contributed by atoms with Crippen molar-refractivity contribution < 1.29 is 10.1 Å². The quantitative estimate of drug-likeness (QED) is 0.471. The van der Waals surface area contributed by atoms with E-state index >= 15 is 0 Å². The lowest BCUT2D eigenvalue weighted by atomic mass is 9.86. The minimum Gasteiger partial charge on any atom is -0.251 e. The molecule has 52 valence electrons. The zero-order chi connectivity index (χ0) is 6.97. The van der Waals surface area contributed by atoms with E-state index in [0.29, 0.717) is 0 Å². The molecule has 0 saturated heterocycles. The van der Waals surface area contributed by atoms with Crippen LogP contribution in [0.5, 0.6) is 0 Å². The molecule has 0 amide bonds. The summed E-state index contributed by atoms with van der Waals surface area (Å²) >= 11 is 0. The average molecular weight is 136 g/mol. The van der Waals surface area contributed by atoms with Crippen LogP contribution < -0.4 is 0 Å². The largest absolute Gasteiger partial charge is 0.251 e. The van der Waals surface area contributed by atoms with Gasteiger partial charge < -0.3 is 0 Å². The fraction of sp³-hybridized carbons (Fsp3) is 0.250. The Hall–Kier alpha value is -0.860. The summed E-state index contributed by atoms with van der Waals surface area (Å²) in [6.07, 6.45) is 0.767. The summed E-state index contributed by atoms with van der Waals surface area (Å²) in [4.78, 5) is 4.21. The molecule has 1 atom stereocenters. The van der Waals surface area contributed by atoms with Gasteiger partial charge in [-0.2, -0.15) is 0 Å². The molecule has 2 nitrogen and oxygen atoms in total. The maximum absolute atomic E-state index is 8.33. The Bertz CT molecular complexity index is 245. The number of hydrogen-bond donors (Lipinski definition) is 1. The molecule has 1 aromatic rings. The zero-order valence-corrected chi connectivity index (χ0v) is 5.45. The van der Waals surface area contributed by atoms with Crippen LogP contribution in [0.2, 0.25) is 0 Å². The van der Waals surface area contributed by atoms with Gasteiger partial charge in [0.05, 0.1) is 0 Å². The Morgan fingerprint density at radius 2 is 2.20 bits per heavy atom. The Kier molecular flexibility index (Phi) is 1.22. The Morgan fingerprint density at radius 1 is 1.40 bits per heavy atom. The van der Waals surface area contributed by atoms with Crippen molar-refractivity contribution in [2.45, 2.75) is 12.5 Å². The van der Waals surface area contributed by atoms with E-state index in [9.17, 15) is 0 Å². The summed E-state index contributed by atoms with van der Waals surface area (Å²) in [5.74, 6) is 0. The smallest absolute Gasteiger partial charge is 0.122 e. The third kappa shape index (κ3) is 0.664. The van der Waals surface area contributed by atoms with Gasteiger partial charge in [-0.1, -0.05) is 24.3 Å². The second-order valence-electron chi connectivity index (χ2n) is 2.50. The van der Waals surface area contributed by atoms with Crippen molar-refractivity contribution in [1.29, 1.82) is 0 Å². The molecule has 0 heterocycles. The first-order valence-electron chi connectivity index (χ1n) is 3.30. The standard InChI is InChI=1S/C8H8O2/c9-10-8-5-6-3-1-2-4-7(6)8/h1-4,8-9H,5H2. The first-order valence-corrected chi connectivity index (χ1v) is 3.30. The SMILES string of the molecule is OOC1Cc2ccccc21. The monoisotopic (exact) mass is 136 g/mol. The van der Waals surface area contributed by atoms with Gasteiger partial charge in [0, 0.05) is 6.42 Å². The minimum absolute atomic E-state index is 0.0730. The van der Waals surface area contributed by atoms with Crippen molar-refractivity contribution in [3.05, 3.63) is 35.4 Å². The van der Waals surface area contributed by atoms with Crippen LogP contribution in [0.4, 0.5) is 0 Å². The predicted molar refractivity (Wildman–Crippen MR) is 36.6 cm³/mol. The van der Waals surface area contributed by atoms with Crippen molar-refractivity contribution in [1.82, 2.24) is 0 Å². The summed E-state index contributed by atoms with van der Waals surface area (Å²) in [5, 5.41) is 8.33. The van der Waals surface area contributed by atoms with E-state index < -0.39 is 0 Å². The Balaban J connectivity index is 2.34. The maximum atomic E-state index is 8.33. The van der Waals surface area contributed by atoms with Crippen LogP contribution in [0, 0.1) is 0 Å². The third-order valence-corrected chi connectivity index (χ3v) is 1.93. The molecule has 0 bridgehead atoms. The van der Waals surface area contributed by atoms with Gasteiger partial charge in [-0.25, -0.2) is 4.89 Å². The van der Waals surface area contributed by atoms with E-state index in [1.54, 1.807) is 0 Å². The lowest BCUT2D eigenvalue weighted by Crippen LogP contribution is -2.18. The highest BCUT2D eigenvalue weighted by atomic mass is 17.1. The van der Waals surface area contributed by atoms with E-state index in [0.717, 1.165) is 12.0 Å². The molecule has 0 fully saturated rings. The normalized spacial score (nSPS) is 21.5. The zero-order valence-electron chi connectivity index (χ0n) is 5.45. The number of fused-ring (bicyclic) bond motifs is 1. The van der Waals surface area contributed by atoms with Crippen molar-refractivity contribution in [2.75, 3.05) is 0 Å². The topological polar surface area (TPSA) is 29.5 Å². The molecule has 0 radical (unpaired) electrons. The van der Waals surface area contributed by atoms with E-state index in [1.165, 1.54) is 5.56 Å². The van der Waals surface area contributed by atoms with Crippen LogP contribution in [-0.2, 0) is 11.3 Å². The van der Waals surface area contributed by atoms with Crippen LogP contribution >= 0.6 is 0 Å². The molecule has 0 aromatic heterocycles. The van der Waals surface area contributed by atoms with Gasteiger partial charge >= 0.3 is 0 Å². The van der Waals surface area contributed by atoms with Gasteiger partial charge in [-0.15, -0.1) is 0 Å². The first-order chi connectivity index (χ1) is 4.92.